The van der Waals surface area contributed by atoms with Crippen LogP contribution in [0.2, 0.25) is 0 Å². The number of amides is 2. The van der Waals surface area contributed by atoms with Gasteiger partial charge in [-0.1, -0.05) is 13.8 Å². The van der Waals surface area contributed by atoms with Gasteiger partial charge in [0.1, 0.15) is 5.82 Å². The number of halogens is 1. The van der Waals surface area contributed by atoms with E-state index in [-0.39, 0.29) is 17.5 Å². The molecule has 0 aliphatic heterocycles. The summed E-state index contributed by atoms with van der Waals surface area (Å²) >= 11 is 0. The first-order valence-corrected chi connectivity index (χ1v) is 9.07. The molecule has 2 N–H and O–H groups in total. The highest BCUT2D eigenvalue weighted by Gasteiger charge is 2.14. The van der Waals surface area contributed by atoms with Crippen LogP contribution in [-0.4, -0.2) is 21.6 Å². The maximum absolute atomic E-state index is 13.7. The van der Waals surface area contributed by atoms with Crippen molar-refractivity contribution < 1.29 is 14.0 Å². The molecule has 0 radical (unpaired) electrons. The van der Waals surface area contributed by atoms with E-state index in [4.69, 9.17) is 0 Å². The van der Waals surface area contributed by atoms with Gasteiger partial charge in [0.25, 0.3) is 0 Å². The van der Waals surface area contributed by atoms with E-state index >= 15 is 0 Å². The molecule has 0 spiro atoms. The standard InChI is InChI=1S/C20H27FN4O2/c1-12(2)11-25-14(4)17(13(3)24-25)7-9-20(27)23-16-6-8-18(21)19(10-16)22-15(5)26/h6,8,10,12H,7,9,11H2,1-5H3,(H,22,26)(H,23,27). The number of rotatable bonds is 7. The van der Waals surface area contributed by atoms with Crippen molar-refractivity contribution in [2.75, 3.05) is 10.6 Å². The second-order valence-corrected chi connectivity index (χ2v) is 7.15. The van der Waals surface area contributed by atoms with E-state index in [0.717, 1.165) is 23.5 Å². The summed E-state index contributed by atoms with van der Waals surface area (Å²) in [6.45, 7) is 10.4. The number of benzene rings is 1. The Kier molecular flexibility index (Phi) is 6.71. The number of hydrogen-bond acceptors (Lipinski definition) is 3. The van der Waals surface area contributed by atoms with E-state index in [9.17, 15) is 14.0 Å². The molecule has 2 aromatic rings. The molecule has 1 aromatic carbocycles. The van der Waals surface area contributed by atoms with E-state index < -0.39 is 5.82 Å². The molecule has 0 saturated carbocycles. The summed E-state index contributed by atoms with van der Waals surface area (Å²) in [7, 11) is 0. The number of aryl methyl sites for hydroxylation is 1. The lowest BCUT2D eigenvalue weighted by molar-refractivity contribution is -0.116. The fraction of sp³-hybridized carbons (Fsp3) is 0.450. The van der Waals surface area contributed by atoms with Crippen LogP contribution in [0, 0.1) is 25.6 Å². The summed E-state index contributed by atoms with van der Waals surface area (Å²) in [5.74, 6) is -0.602. The van der Waals surface area contributed by atoms with Crippen molar-refractivity contribution in [3.05, 3.63) is 41.0 Å². The lowest BCUT2D eigenvalue weighted by Crippen LogP contribution is -2.14. The lowest BCUT2D eigenvalue weighted by Gasteiger charge is -2.10. The maximum atomic E-state index is 13.7. The molecule has 146 valence electrons. The van der Waals surface area contributed by atoms with E-state index in [0.29, 0.717) is 24.4 Å². The predicted molar refractivity (Wildman–Crippen MR) is 104 cm³/mol. The van der Waals surface area contributed by atoms with Gasteiger partial charge in [0.05, 0.1) is 11.4 Å². The van der Waals surface area contributed by atoms with Gasteiger partial charge in [0, 0.05) is 31.3 Å². The first-order valence-electron chi connectivity index (χ1n) is 9.07. The Morgan fingerprint density at radius 3 is 2.56 bits per heavy atom. The van der Waals surface area contributed by atoms with E-state index in [2.05, 4.69) is 29.6 Å². The molecule has 2 rings (SSSR count). The molecule has 27 heavy (non-hydrogen) atoms. The van der Waals surface area contributed by atoms with Gasteiger partial charge in [0.15, 0.2) is 0 Å². The van der Waals surface area contributed by atoms with Crippen LogP contribution in [0.25, 0.3) is 0 Å². The number of hydrogen-bond donors (Lipinski definition) is 2. The molecule has 0 aliphatic rings. The Balaban J connectivity index is 2.01. The van der Waals surface area contributed by atoms with Crippen molar-refractivity contribution in [2.45, 2.75) is 54.0 Å². The van der Waals surface area contributed by atoms with Crippen LogP contribution in [-0.2, 0) is 22.6 Å². The highest BCUT2D eigenvalue weighted by atomic mass is 19.1. The van der Waals surface area contributed by atoms with E-state index in [1.165, 1.54) is 25.1 Å². The fourth-order valence-electron chi connectivity index (χ4n) is 2.97. The summed E-state index contributed by atoms with van der Waals surface area (Å²) in [6, 6.07) is 4.09. The zero-order valence-electron chi connectivity index (χ0n) is 16.5. The Labute approximate surface area is 159 Å². The molecular weight excluding hydrogens is 347 g/mol. The Morgan fingerprint density at radius 2 is 1.93 bits per heavy atom. The Bertz CT molecular complexity index is 843. The first kappa shape index (κ1) is 20.6. The van der Waals surface area contributed by atoms with Crippen LogP contribution in [0.5, 0.6) is 0 Å². The highest BCUT2D eigenvalue weighted by molar-refractivity contribution is 5.93. The summed E-state index contributed by atoms with van der Waals surface area (Å²) in [4.78, 5) is 23.4. The van der Waals surface area contributed by atoms with Gasteiger partial charge in [-0.25, -0.2) is 4.39 Å². The molecule has 7 heteroatoms. The largest absolute Gasteiger partial charge is 0.326 e. The smallest absolute Gasteiger partial charge is 0.224 e. The maximum Gasteiger partial charge on any atom is 0.224 e. The number of anilines is 2. The Morgan fingerprint density at radius 1 is 1.22 bits per heavy atom. The molecule has 0 bridgehead atoms. The number of carbonyl (C=O) groups is 2. The first-order chi connectivity index (χ1) is 12.7. The van der Waals surface area contributed by atoms with Crippen molar-refractivity contribution in [3.63, 3.8) is 0 Å². The number of aromatic nitrogens is 2. The average molecular weight is 374 g/mol. The van der Waals surface area contributed by atoms with Gasteiger partial charge in [-0.2, -0.15) is 5.10 Å². The second-order valence-electron chi connectivity index (χ2n) is 7.15. The molecule has 0 aliphatic carbocycles. The van der Waals surface area contributed by atoms with Gasteiger partial charge < -0.3 is 10.6 Å². The molecule has 1 heterocycles. The third-order valence-electron chi connectivity index (χ3n) is 4.23. The van der Waals surface area contributed by atoms with Crippen LogP contribution in [0.1, 0.15) is 44.1 Å². The lowest BCUT2D eigenvalue weighted by atomic mass is 10.1. The fourth-order valence-corrected chi connectivity index (χ4v) is 2.97. The average Bonchev–Trinajstić information content (AvgIpc) is 2.81. The topological polar surface area (TPSA) is 76.0 Å². The van der Waals surface area contributed by atoms with Gasteiger partial charge in [-0.05, 0) is 49.9 Å². The molecule has 0 unspecified atom stereocenters. The van der Waals surface area contributed by atoms with Crippen molar-refractivity contribution in [2.24, 2.45) is 5.92 Å². The molecule has 0 fully saturated rings. The monoisotopic (exact) mass is 374 g/mol. The number of carbonyl (C=O) groups excluding carboxylic acids is 2. The van der Waals surface area contributed by atoms with Crippen molar-refractivity contribution in [1.82, 2.24) is 9.78 Å². The normalized spacial score (nSPS) is 10.9. The van der Waals surface area contributed by atoms with Gasteiger partial charge in [-0.3, -0.25) is 14.3 Å². The minimum atomic E-state index is -0.549. The summed E-state index contributed by atoms with van der Waals surface area (Å²) in [6.07, 6.45) is 0.878. The summed E-state index contributed by atoms with van der Waals surface area (Å²) in [5.41, 5.74) is 3.60. The summed E-state index contributed by atoms with van der Waals surface area (Å²) in [5, 5.41) is 9.71. The highest BCUT2D eigenvalue weighted by Crippen LogP contribution is 2.21. The third-order valence-corrected chi connectivity index (χ3v) is 4.23. The molecule has 1 aromatic heterocycles. The minimum absolute atomic E-state index is 0.0435. The predicted octanol–water partition coefficient (Wildman–Crippen LogP) is 3.82. The molecule has 0 saturated heterocycles. The van der Waals surface area contributed by atoms with E-state index in [1.54, 1.807) is 0 Å². The zero-order chi connectivity index (χ0) is 20.1. The second kappa shape index (κ2) is 8.79. The third kappa shape index (κ3) is 5.64. The summed E-state index contributed by atoms with van der Waals surface area (Å²) < 4.78 is 15.7. The SMILES string of the molecule is CC(=O)Nc1cc(NC(=O)CCc2c(C)nn(CC(C)C)c2C)ccc1F. The minimum Gasteiger partial charge on any atom is -0.326 e. The van der Waals surface area contributed by atoms with Crippen molar-refractivity contribution in [3.8, 4) is 0 Å². The molecule has 0 atom stereocenters. The van der Waals surface area contributed by atoms with Crippen LogP contribution in [0.3, 0.4) is 0 Å². The van der Waals surface area contributed by atoms with Crippen LogP contribution in [0.15, 0.2) is 18.2 Å². The van der Waals surface area contributed by atoms with Crippen molar-refractivity contribution in [1.29, 1.82) is 0 Å². The van der Waals surface area contributed by atoms with Gasteiger partial charge >= 0.3 is 0 Å². The van der Waals surface area contributed by atoms with E-state index in [1.807, 2.05) is 18.5 Å². The Hall–Kier alpha value is -2.70. The van der Waals surface area contributed by atoms with Crippen LogP contribution >= 0.6 is 0 Å². The zero-order valence-corrected chi connectivity index (χ0v) is 16.5. The van der Waals surface area contributed by atoms with Crippen LogP contribution in [0.4, 0.5) is 15.8 Å². The van der Waals surface area contributed by atoms with Gasteiger partial charge in [-0.15, -0.1) is 0 Å². The van der Waals surface area contributed by atoms with Crippen LogP contribution < -0.4 is 10.6 Å². The van der Waals surface area contributed by atoms with Crippen molar-refractivity contribution >= 4 is 23.2 Å². The number of nitrogens with one attached hydrogen (secondary N) is 2. The van der Waals surface area contributed by atoms with Gasteiger partial charge in [0.2, 0.25) is 11.8 Å². The molecular formula is C20H27FN4O2. The molecule has 6 nitrogen and oxygen atoms in total. The quantitative estimate of drug-likeness (QED) is 0.773. The molecule has 2 amide bonds. The number of nitrogens with zero attached hydrogens (tertiary/aromatic N) is 2.